The van der Waals surface area contributed by atoms with E-state index in [1.165, 1.54) is 0 Å². The van der Waals surface area contributed by atoms with Gasteiger partial charge in [-0.15, -0.1) is 0 Å². The van der Waals surface area contributed by atoms with Crippen LogP contribution in [0, 0.1) is 0 Å². The van der Waals surface area contributed by atoms with Crippen LogP contribution in [0.1, 0.15) is 24.4 Å². The molecule has 0 bridgehead atoms. The highest BCUT2D eigenvalue weighted by atomic mass is 35.5. The number of nitrogens with zero attached hydrogens (tertiary/aromatic N) is 3. The van der Waals surface area contributed by atoms with Crippen molar-refractivity contribution in [1.82, 2.24) is 14.8 Å². The molecule has 1 atom stereocenters. The van der Waals surface area contributed by atoms with Crippen LogP contribution in [0.2, 0.25) is 5.02 Å². The molecule has 0 aliphatic rings. The van der Waals surface area contributed by atoms with Gasteiger partial charge < -0.3 is 5.11 Å². The molecule has 3 aromatic rings. The van der Waals surface area contributed by atoms with Crippen LogP contribution in [0.4, 0.5) is 0 Å². The number of aliphatic hydroxyl groups is 1. The summed E-state index contributed by atoms with van der Waals surface area (Å²) in [5, 5.41) is 16.2. The van der Waals surface area contributed by atoms with Crippen molar-refractivity contribution in [2.24, 2.45) is 0 Å². The minimum Gasteiger partial charge on any atom is -0.380 e. The number of hydrogen-bond donors (Lipinski definition) is 1. The van der Waals surface area contributed by atoms with Crippen molar-refractivity contribution in [1.29, 1.82) is 0 Å². The maximum atomic E-state index is 10.5. The lowest BCUT2D eigenvalue weighted by Gasteiger charge is -2.13. The molecule has 0 aliphatic heterocycles. The Morgan fingerprint density at radius 3 is 2.85 bits per heavy atom. The SMILES string of the molecule is CCn1ncc(Cl)c1C(O)c1ccc2ccccc2n1. The summed E-state index contributed by atoms with van der Waals surface area (Å²) in [5.74, 6) is 0. The molecule has 0 spiro atoms. The number of hydrogen-bond acceptors (Lipinski definition) is 3. The first kappa shape index (κ1) is 13.1. The average Bonchev–Trinajstić information content (AvgIpc) is 2.87. The number of halogens is 1. The van der Waals surface area contributed by atoms with Crippen molar-refractivity contribution >= 4 is 22.5 Å². The maximum Gasteiger partial charge on any atom is 0.139 e. The average molecular weight is 288 g/mol. The molecule has 0 fully saturated rings. The molecule has 0 saturated heterocycles. The fourth-order valence-electron chi connectivity index (χ4n) is 2.27. The van der Waals surface area contributed by atoms with E-state index in [9.17, 15) is 5.11 Å². The molecule has 1 aromatic carbocycles. The van der Waals surface area contributed by atoms with Gasteiger partial charge in [-0.2, -0.15) is 5.10 Å². The summed E-state index contributed by atoms with van der Waals surface area (Å²) in [7, 11) is 0. The Balaban J connectivity index is 2.07. The first-order chi connectivity index (χ1) is 9.70. The predicted molar refractivity (Wildman–Crippen MR) is 78.7 cm³/mol. The molecule has 102 valence electrons. The number of aliphatic hydroxyl groups excluding tert-OH is 1. The van der Waals surface area contributed by atoms with E-state index < -0.39 is 6.10 Å². The lowest BCUT2D eigenvalue weighted by atomic mass is 10.1. The summed E-state index contributed by atoms with van der Waals surface area (Å²) in [5.41, 5.74) is 2.00. The minimum atomic E-state index is -0.880. The Labute approximate surface area is 121 Å². The van der Waals surface area contributed by atoms with Crippen LogP contribution in [0.25, 0.3) is 10.9 Å². The van der Waals surface area contributed by atoms with E-state index in [2.05, 4.69) is 10.1 Å². The van der Waals surface area contributed by atoms with Crippen LogP contribution in [0.3, 0.4) is 0 Å². The van der Waals surface area contributed by atoms with Crippen LogP contribution >= 0.6 is 11.6 Å². The number of para-hydroxylation sites is 1. The summed E-state index contributed by atoms with van der Waals surface area (Å²) in [6.45, 7) is 2.60. The van der Waals surface area contributed by atoms with Gasteiger partial charge >= 0.3 is 0 Å². The van der Waals surface area contributed by atoms with Crippen LogP contribution in [0.5, 0.6) is 0 Å². The van der Waals surface area contributed by atoms with E-state index in [1.54, 1.807) is 10.9 Å². The normalized spacial score (nSPS) is 12.8. The summed E-state index contributed by atoms with van der Waals surface area (Å²) in [4.78, 5) is 4.50. The lowest BCUT2D eigenvalue weighted by Crippen LogP contribution is -2.10. The molecule has 1 N–H and O–H groups in total. The Morgan fingerprint density at radius 2 is 2.05 bits per heavy atom. The highest BCUT2D eigenvalue weighted by molar-refractivity contribution is 6.31. The molecule has 2 heterocycles. The molecule has 0 aliphatic carbocycles. The predicted octanol–water partition coefficient (Wildman–Crippen LogP) is 3.19. The van der Waals surface area contributed by atoms with Crippen molar-refractivity contribution in [2.75, 3.05) is 0 Å². The van der Waals surface area contributed by atoms with Crippen molar-refractivity contribution in [3.8, 4) is 0 Å². The van der Waals surface area contributed by atoms with Gasteiger partial charge in [-0.1, -0.05) is 35.9 Å². The highest BCUT2D eigenvalue weighted by Crippen LogP contribution is 2.28. The topological polar surface area (TPSA) is 50.9 Å². The molecule has 0 radical (unpaired) electrons. The maximum absolute atomic E-state index is 10.5. The number of pyridine rings is 1. The molecule has 20 heavy (non-hydrogen) atoms. The number of benzene rings is 1. The Bertz CT molecular complexity index is 754. The van der Waals surface area contributed by atoms with Crippen LogP contribution in [-0.4, -0.2) is 19.9 Å². The second kappa shape index (κ2) is 5.23. The number of aromatic nitrogens is 3. The Kier molecular flexibility index (Phi) is 3.42. The monoisotopic (exact) mass is 287 g/mol. The van der Waals surface area contributed by atoms with E-state index >= 15 is 0 Å². The molecule has 0 saturated carbocycles. The van der Waals surface area contributed by atoms with Gasteiger partial charge in [0, 0.05) is 11.9 Å². The fraction of sp³-hybridized carbons (Fsp3) is 0.200. The van der Waals surface area contributed by atoms with Gasteiger partial charge in [0.15, 0.2) is 0 Å². The van der Waals surface area contributed by atoms with Crippen molar-refractivity contribution in [3.63, 3.8) is 0 Å². The first-order valence-electron chi connectivity index (χ1n) is 6.45. The van der Waals surface area contributed by atoms with E-state index in [1.807, 2.05) is 43.3 Å². The van der Waals surface area contributed by atoms with Crippen LogP contribution < -0.4 is 0 Å². The molecule has 3 rings (SSSR count). The first-order valence-corrected chi connectivity index (χ1v) is 6.83. The largest absolute Gasteiger partial charge is 0.380 e. The second-order valence-corrected chi connectivity index (χ2v) is 4.93. The minimum absolute atomic E-state index is 0.453. The smallest absolute Gasteiger partial charge is 0.139 e. The van der Waals surface area contributed by atoms with E-state index in [0.717, 1.165) is 10.9 Å². The van der Waals surface area contributed by atoms with Gasteiger partial charge in [-0.05, 0) is 19.1 Å². The van der Waals surface area contributed by atoms with Gasteiger partial charge in [0.2, 0.25) is 0 Å². The van der Waals surface area contributed by atoms with Crippen LogP contribution in [0.15, 0.2) is 42.6 Å². The zero-order valence-corrected chi connectivity index (χ0v) is 11.7. The van der Waals surface area contributed by atoms with E-state index in [0.29, 0.717) is 23.0 Å². The molecule has 4 nitrogen and oxygen atoms in total. The number of aryl methyl sites for hydroxylation is 1. The van der Waals surface area contributed by atoms with Crippen LogP contribution in [-0.2, 0) is 6.54 Å². The third-order valence-electron chi connectivity index (χ3n) is 3.29. The van der Waals surface area contributed by atoms with Gasteiger partial charge in [-0.3, -0.25) is 4.68 Å². The molecular formula is C15H14ClN3O. The highest BCUT2D eigenvalue weighted by Gasteiger charge is 2.20. The van der Waals surface area contributed by atoms with E-state index in [4.69, 9.17) is 11.6 Å². The zero-order chi connectivity index (χ0) is 14.1. The van der Waals surface area contributed by atoms with Crippen molar-refractivity contribution in [2.45, 2.75) is 19.6 Å². The van der Waals surface area contributed by atoms with Gasteiger partial charge in [-0.25, -0.2) is 4.98 Å². The van der Waals surface area contributed by atoms with Crippen molar-refractivity contribution in [3.05, 3.63) is 59.0 Å². The third-order valence-corrected chi connectivity index (χ3v) is 3.58. The Hall–Kier alpha value is -1.91. The molecule has 1 unspecified atom stereocenters. The fourth-order valence-corrected chi connectivity index (χ4v) is 2.51. The van der Waals surface area contributed by atoms with Gasteiger partial charge in [0.25, 0.3) is 0 Å². The Morgan fingerprint density at radius 1 is 1.25 bits per heavy atom. The second-order valence-electron chi connectivity index (χ2n) is 4.52. The summed E-state index contributed by atoms with van der Waals surface area (Å²) < 4.78 is 1.68. The molecule has 5 heteroatoms. The zero-order valence-electron chi connectivity index (χ0n) is 11.0. The van der Waals surface area contributed by atoms with E-state index in [-0.39, 0.29) is 0 Å². The molecular weight excluding hydrogens is 274 g/mol. The lowest BCUT2D eigenvalue weighted by molar-refractivity contribution is 0.203. The standard InChI is InChI=1S/C15H14ClN3O/c1-2-19-14(11(16)9-17-19)15(20)13-8-7-10-5-3-4-6-12(10)18-13/h3-9,15,20H,2H2,1H3. The van der Waals surface area contributed by atoms with Crippen molar-refractivity contribution < 1.29 is 5.11 Å². The third kappa shape index (κ3) is 2.17. The summed E-state index contributed by atoms with van der Waals surface area (Å²) in [6, 6.07) is 11.6. The number of rotatable bonds is 3. The summed E-state index contributed by atoms with van der Waals surface area (Å²) in [6.07, 6.45) is 0.666. The van der Waals surface area contributed by atoms with Gasteiger partial charge in [0.1, 0.15) is 6.10 Å². The quantitative estimate of drug-likeness (QED) is 0.805. The molecule has 0 amide bonds. The summed E-state index contributed by atoms with van der Waals surface area (Å²) >= 11 is 6.12. The number of fused-ring (bicyclic) bond motifs is 1. The molecule has 2 aromatic heterocycles. The van der Waals surface area contributed by atoms with Gasteiger partial charge in [0.05, 0.1) is 28.1 Å².